The third-order valence-corrected chi connectivity index (χ3v) is 5.70. The SMILES string of the molecule is CC(C)(C)OC(=O)C(C(=O)OC(C)(C)C)[C@@H](Cc1cc(F)c(F)cc1F)N[S@](=O)C(C)(C)C. The van der Waals surface area contributed by atoms with Crippen molar-refractivity contribution in [3.05, 3.63) is 35.1 Å². The molecule has 0 heterocycles. The van der Waals surface area contributed by atoms with E-state index in [0.29, 0.717) is 12.1 Å². The molecule has 188 valence electrons. The number of nitrogens with one attached hydrogen (secondary N) is 1. The molecular formula is C23H34F3NO5S. The zero-order valence-electron chi connectivity index (χ0n) is 20.6. The van der Waals surface area contributed by atoms with Crippen LogP contribution in [0, 0.1) is 23.4 Å². The van der Waals surface area contributed by atoms with E-state index in [0.717, 1.165) is 0 Å². The Labute approximate surface area is 196 Å². The molecule has 0 fully saturated rings. The zero-order valence-corrected chi connectivity index (χ0v) is 21.4. The Morgan fingerprint density at radius 3 is 1.67 bits per heavy atom. The van der Waals surface area contributed by atoms with Gasteiger partial charge in [-0.15, -0.1) is 0 Å². The van der Waals surface area contributed by atoms with Crippen LogP contribution in [0.2, 0.25) is 0 Å². The molecule has 0 saturated carbocycles. The largest absolute Gasteiger partial charge is 0.459 e. The molecule has 0 amide bonds. The van der Waals surface area contributed by atoms with Crippen LogP contribution in [-0.4, -0.2) is 38.1 Å². The second kappa shape index (κ2) is 10.5. The maximum atomic E-state index is 14.4. The number of rotatable bonds is 7. The Balaban J connectivity index is 3.56. The van der Waals surface area contributed by atoms with Gasteiger partial charge in [0, 0.05) is 12.1 Å². The first kappa shape index (κ1) is 29.1. The van der Waals surface area contributed by atoms with E-state index < -0.39 is 74.7 Å². The molecule has 10 heteroatoms. The Morgan fingerprint density at radius 1 is 0.848 bits per heavy atom. The predicted molar refractivity (Wildman–Crippen MR) is 120 cm³/mol. The van der Waals surface area contributed by atoms with Gasteiger partial charge in [-0.25, -0.2) is 22.1 Å². The van der Waals surface area contributed by atoms with E-state index in [2.05, 4.69) is 4.72 Å². The van der Waals surface area contributed by atoms with Gasteiger partial charge in [0.05, 0.1) is 15.7 Å². The molecule has 33 heavy (non-hydrogen) atoms. The zero-order chi connectivity index (χ0) is 25.9. The molecule has 0 spiro atoms. The van der Waals surface area contributed by atoms with Gasteiger partial charge < -0.3 is 9.47 Å². The molecule has 6 nitrogen and oxygen atoms in total. The number of hydrogen-bond acceptors (Lipinski definition) is 5. The van der Waals surface area contributed by atoms with Crippen molar-refractivity contribution >= 4 is 22.9 Å². The topological polar surface area (TPSA) is 81.7 Å². The van der Waals surface area contributed by atoms with Gasteiger partial charge in [-0.3, -0.25) is 9.59 Å². The van der Waals surface area contributed by atoms with Crippen LogP contribution in [0.1, 0.15) is 67.9 Å². The molecule has 0 saturated heterocycles. The van der Waals surface area contributed by atoms with Crippen LogP contribution in [-0.2, 0) is 36.5 Å². The Bertz CT molecular complexity index is 873. The van der Waals surface area contributed by atoms with Crippen molar-refractivity contribution in [1.82, 2.24) is 4.72 Å². The molecule has 0 aliphatic rings. The highest BCUT2D eigenvalue weighted by Crippen LogP contribution is 2.24. The quantitative estimate of drug-likeness (QED) is 0.347. The fourth-order valence-electron chi connectivity index (χ4n) is 2.65. The van der Waals surface area contributed by atoms with Crippen LogP contribution < -0.4 is 4.72 Å². The molecular weight excluding hydrogens is 459 g/mol. The van der Waals surface area contributed by atoms with Crippen LogP contribution >= 0.6 is 0 Å². The van der Waals surface area contributed by atoms with Gasteiger partial charge in [0.1, 0.15) is 17.0 Å². The van der Waals surface area contributed by atoms with Crippen molar-refractivity contribution in [2.75, 3.05) is 0 Å². The summed E-state index contributed by atoms with van der Waals surface area (Å²) in [6, 6.07) is -0.298. The summed E-state index contributed by atoms with van der Waals surface area (Å²) in [6.45, 7) is 14.6. The number of ether oxygens (including phenoxy) is 2. The minimum atomic E-state index is -1.81. The Hall–Kier alpha value is -1.94. The number of carbonyl (C=O) groups excluding carboxylic acids is 2. The maximum Gasteiger partial charge on any atom is 0.322 e. The molecule has 0 aliphatic heterocycles. The summed E-state index contributed by atoms with van der Waals surface area (Å²) in [5, 5.41) is 0. The predicted octanol–water partition coefficient (Wildman–Crippen LogP) is 4.37. The molecule has 1 aromatic carbocycles. The van der Waals surface area contributed by atoms with Gasteiger partial charge in [0.25, 0.3) is 0 Å². The number of benzene rings is 1. The molecule has 1 aromatic rings. The van der Waals surface area contributed by atoms with Gasteiger partial charge >= 0.3 is 11.9 Å². The normalized spacial score (nSPS) is 14.7. The van der Waals surface area contributed by atoms with Crippen molar-refractivity contribution in [3.8, 4) is 0 Å². The average Bonchev–Trinajstić information content (AvgIpc) is 2.55. The van der Waals surface area contributed by atoms with Gasteiger partial charge in [-0.05, 0) is 80.4 Å². The second-order valence-corrected chi connectivity index (χ2v) is 12.7. The Morgan fingerprint density at radius 2 is 1.27 bits per heavy atom. The summed E-state index contributed by atoms with van der Waals surface area (Å²) in [5.74, 6) is -7.38. The first-order chi connectivity index (χ1) is 14.7. The highest BCUT2D eigenvalue weighted by atomic mass is 32.2. The van der Waals surface area contributed by atoms with Gasteiger partial charge in [0.2, 0.25) is 0 Å². The molecule has 0 radical (unpaired) electrons. The molecule has 0 aliphatic carbocycles. The molecule has 1 N–H and O–H groups in total. The van der Waals surface area contributed by atoms with Gasteiger partial charge in [-0.1, -0.05) is 0 Å². The fourth-order valence-corrected chi connectivity index (χ4v) is 3.50. The smallest absolute Gasteiger partial charge is 0.322 e. The van der Waals surface area contributed by atoms with Crippen molar-refractivity contribution in [3.63, 3.8) is 0 Å². The number of hydrogen-bond donors (Lipinski definition) is 1. The van der Waals surface area contributed by atoms with E-state index in [4.69, 9.17) is 9.47 Å². The van der Waals surface area contributed by atoms with E-state index >= 15 is 0 Å². The summed E-state index contributed by atoms with van der Waals surface area (Å²) < 4.78 is 67.2. The van der Waals surface area contributed by atoms with E-state index in [9.17, 15) is 27.0 Å². The van der Waals surface area contributed by atoms with Gasteiger partial charge in [0.15, 0.2) is 17.6 Å². The highest BCUT2D eigenvalue weighted by molar-refractivity contribution is 7.84. The fraction of sp³-hybridized carbons (Fsp3) is 0.652. The lowest BCUT2D eigenvalue weighted by Crippen LogP contribution is -2.52. The maximum absolute atomic E-state index is 14.4. The summed E-state index contributed by atoms with van der Waals surface area (Å²) in [6.07, 6.45) is -0.464. The lowest BCUT2D eigenvalue weighted by atomic mass is 9.93. The lowest BCUT2D eigenvalue weighted by molar-refractivity contribution is -0.175. The third kappa shape index (κ3) is 9.44. The highest BCUT2D eigenvalue weighted by Gasteiger charge is 2.43. The summed E-state index contributed by atoms with van der Waals surface area (Å²) >= 11 is 0. The van der Waals surface area contributed by atoms with Crippen LogP contribution in [0.25, 0.3) is 0 Å². The second-order valence-electron chi connectivity index (χ2n) is 10.7. The standard InChI is InChI=1S/C23H34F3NO5S/c1-21(2,3)31-19(28)18(20(29)32-22(4,5)6)17(27-33(30)23(7,8)9)11-13-10-15(25)16(26)12-14(13)24/h10,12,17-18,27H,11H2,1-9H3/t17-,33-/m1/s1. The lowest BCUT2D eigenvalue weighted by Gasteiger charge is -2.32. The first-order valence-corrected chi connectivity index (χ1v) is 11.6. The van der Waals surface area contributed by atoms with E-state index in [1.165, 1.54) is 0 Å². The monoisotopic (exact) mass is 493 g/mol. The van der Waals surface area contributed by atoms with Crippen molar-refractivity contribution < 1.29 is 36.4 Å². The van der Waals surface area contributed by atoms with Crippen LogP contribution in [0.5, 0.6) is 0 Å². The minimum Gasteiger partial charge on any atom is -0.459 e. The minimum absolute atomic E-state index is 0.311. The summed E-state index contributed by atoms with van der Waals surface area (Å²) in [7, 11) is -1.81. The first-order valence-electron chi connectivity index (χ1n) is 10.5. The van der Waals surface area contributed by atoms with Crippen LogP contribution in [0.4, 0.5) is 13.2 Å². The van der Waals surface area contributed by atoms with E-state index in [-0.39, 0.29) is 5.56 Å². The molecule has 0 aromatic heterocycles. The summed E-state index contributed by atoms with van der Waals surface area (Å²) in [5.41, 5.74) is -2.26. The molecule has 1 rings (SSSR count). The van der Waals surface area contributed by atoms with Crippen LogP contribution in [0.3, 0.4) is 0 Å². The number of halogens is 3. The summed E-state index contributed by atoms with van der Waals surface area (Å²) in [4.78, 5) is 26.1. The van der Waals surface area contributed by atoms with Crippen molar-refractivity contribution in [2.24, 2.45) is 5.92 Å². The van der Waals surface area contributed by atoms with E-state index in [1.54, 1.807) is 62.3 Å². The number of esters is 2. The molecule has 0 bridgehead atoms. The van der Waals surface area contributed by atoms with Crippen molar-refractivity contribution in [2.45, 2.75) is 90.7 Å². The average molecular weight is 494 g/mol. The van der Waals surface area contributed by atoms with Crippen LogP contribution in [0.15, 0.2) is 12.1 Å². The molecule has 2 atom stereocenters. The number of carbonyl (C=O) groups is 2. The van der Waals surface area contributed by atoms with Gasteiger partial charge in [-0.2, -0.15) is 0 Å². The Kier molecular flexibility index (Phi) is 9.30. The molecule has 0 unspecified atom stereocenters. The van der Waals surface area contributed by atoms with E-state index in [1.807, 2.05) is 0 Å². The van der Waals surface area contributed by atoms with Crippen molar-refractivity contribution in [1.29, 1.82) is 0 Å². The third-order valence-electron chi connectivity index (χ3n) is 4.07.